The first-order valence-corrected chi connectivity index (χ1v) is 36.7. The number of β-lactam (4-membered cyclic amide) rings is 1. The second-order valence-electron chi connectivity index (χ2n) is 31.6. The van der Waals surface area contributed by atoms with Crippen molar-refractivity contribution < 1.29 is 145 Å². The highest BCUT2D eigenvalue weighted by Gasteiger charge is 2.75. The Hall–Kier alpha value is -10.3. The third kappa shape index (κ3) is 13.9. The largest absolute Gasteiger partial charge is 0.457 e. The van der Waals surface area contributed by atoms with Crippen LogP contribution in [0.5, 0.6) is 0 Å². The first kappa shape index (κ1) is 81.2. The topological polar surface area (TPSA) is 577 Å². The first-order valence-electron chi connectivity index (χ1n) is 36.7. The van der Waals surface area contributed by atoms with Gasteiger partial charge in [0.05, 0.1) is 75.6 Å². The first-order chi connectivity index (χ1) is 52.9. The molecule has 1 saturated carbocycles. The van der Waals surface area contributed by atoms with E-state index in [0.29, 0.717) is 24.8 Å². The molecule has 1 aliphatic carbocycles. The molecule has 39 heteroatoms. The van der Waals surface area contributed by atoms with Crippen LogP contribution in [0, 0.1) is 17.3 Å². The van der Waals surface area contributed by atoms with Gasteiger partial charge in [0.15, 0.2) is 23.8 Å². The number of aliphatic hydroxyl groups excluding tert-OH is 6. The number of fused-ring (bicyclic) bond motifs is 8. The van der Waals surface area contributed by atoms with Crippen molar-refractivity contribution in [3.63, 3.8) is 0 Å². The van der Waals surface area contributed by atoms with Crippen LogP contribution < -0.4 is 47.9 Å². The van der Waals surface area contributed by atoms with Crippen LogP contribution in [0.3, 0.4) is 0 Å². The minimum absolute atomic E-state index is 0.0247. The van der Waals surface area contributed by atoms with Gasteiger partial charge in [-0.05, 0) is 41.2 Å². The Morgan fingerprint density at radius 3 is 1.35 bits per heavy atom. The molecule has 0 spiro atoms. The van der Waals surface area contributed by atoms with Crippen molar-refractivity contribution in [1.29, 1.82) is 0 Å². The summed E-state index contributed by atoms with van der Waals surface area (Å²) >= 11 is 0. The minimum Gasteiger partial charge on any atom is -0.457 e. The fraction of sp³-hybridized carbons (Fsp3) is 0.616. The van der Waals surface area contributed by atoms with Crippen LogP contribution in [0.1, 0.15) is 129 Å². The van der Waals surface area contributed by atoms with Crippen LogP contribution in [-0.4, -0.2) is 264 Å². The molecule has 9 amide bonds. The van der Waals surface area contributed by atoms with E-state index in [9.17, 15) is 102 Å². The number of hydrogen-bond donors (Lipinski definition) is 15. The Kier molecular flexibility index (Phi) is 22.2. The number of ether oxygens (including phenoxy) is 8. The quantitative estimate of drug-likeness (QED) is 0.0534. The molecular formula is C73H89N9O30. The van der Waals surface area contributed by atoms with Crippen LogP contribution in [0.25, 0.3) is 0 Å². The van der Waals surface area contributed by atoms with Crippen LogP contribution in [-0.2, 0) is 121 Å². The molecule has 16 heterocycles. The summed E-state index contributed by atoms with van der Waals surface area (Å²) in [5, 5.41) is 82.9. The predicted molar refractivity (Wildman–Crippen MR) is 367 cm³/mol. The molecule has 15 N–H and O–H groups in total. The van der Waals surface area contributed by atoms with Crippen molar-refractivity contribution in [2.24, 2.45) is 17.3 Å². The smallest absolute Gasteiger partial charge is 0.339 e. The van der Waals surface area contributed by atoms with Crippen molar-refractivity contribution >= 4 is 94.9 Å². The third-order valence-corrected chi connectivity index (χ3v) is 23.1. The number of carbonyl (C=O) groups excluding carboxylic acids is 16. The van der Waals surface area contributed by atoms with E-state index in [-0.39, 0.29) is 128 Å². The number of hydrogen-bond acceptors (Lipinski definition) is 30. The maximum atomic E-state index is 11.7. The highest BCUT2D eigenvalue weighted by Crippen LogP contribution is 2.47. The van der Waals surface area contributed by atoms with E-state index in [0.717, 1.165) is 31.2 Å². The van der Waals surface area contributed by atoms with Crippen molar-refractivity contribution in [3.8, 4) is 0 Å². The fourth-order valence-electron chi connectivity index (χ4n) is 16.7. The molecule has 0 radical (unpaired) electrons. The number of rotatable bonds is 12. The van der Waals surface area contributed by atoms with Gasteiger partial charge in [-0.1, -0.05) is 115 Å². The molecule has 16 saturated heterocycles. The Balaban J connectivity index is 0.000000120. The van der Waals surface area contributed by atoms with E-state index in [1.165, 1.54) is 13.5 Å². The molecule has 0 bridgehead atoms. The Morgan fingerprint density at radius 2 is 0.938 bits per heavy atom. The van der Waals surface area contributed by atoms with Crippen molar-refractivity contribution in [3.05, 3.63) is 71.8 Å². The van der Waals surface area contributed by atoms with Gasteiger partial charge < -0.3 is 116 Å². The van der Waals surface area contributed by atoms with Gasteiger partial charge in [0.2, 0.25) is 75.0 Å². The van der Waals surface area contributed by atoms with Crippen LogP contribution in [0.4, 0.5) is 0 Å². The molecule has 1 unspecified atom stereocenters. The van der Waals surface area contributed by atoms with E-state index < -0.39 is 154 Å². The third-order valence-electron chi connectivity index (χ3n) is 23.1. The molecule has 17 aliphatic rings. The Morgan fingerprint density at radius 1 is 0.473 bits per heavy atom. The van der Waals surface area contributed by atoms with Gasteiger partial charge >= 0.3 is 41.8 Å². The predicted octanol–water partition coefficient (Wildman–Crippen LogP) is -6.48. The Bertz CT molecular complexity index is 4130. The summed E-state index contributed by atoms with van der Waals surface area (Å²) in [5.74, 6) is -5.35. The molecule has 606 valence electrons. The molecule has 2 aromatic rings. The maximum Gasteiger partial charge on any atom is 0.339 e. The lowest BCUT2D eigenvalue weighted by Crippen LogP contribution is -2.74. The lowest BCUT2D eigenvalue weighted by Gasteiger charge is -2.48. The van der Waals surface area contributed by atoms with E-state index in [1.807, 2.05) is 57.2 Å². The molecule has 112 heavy (non-hydrogen) atoms. The van der Waals surface area contributed by atoms with Gasteiger partial charge in [0.1, 0.15) is 48.8 Å². The minimum atomic E-state index is -1.31. The summed E-state index contributed by atoms with van der Waals surface area (Å²) in [6.07, 6.45) is -1.83. The van der Waals surface area contributed by atoms with Gasteiger partial charge in [-0.25, -0.2) is 33.6 Å². The highest BCUT2D eigenvalue weighted by atomic mass is 16.6. The zero-order valence-electron chi connectivity index (χ0n) is 61.5. The van der Waals surface area contributed by atoms with Crippen molar-refractivity contribution in [2.75, 3.05) is 13.7 Å². The summed E-state index contributed by atoms with van der Waals surface area (Å²) in [6, 6.07) is 17.7. The van der Waals surface area contributed by atoms with E-state index in [2.05, 4.69) is 57.3 Å². The van der Waals surface area contributed by atoms with Crippen LogP contribution >= 0.6 is 0 Å². The number of esters is 7. The van der Waals surface area contributed by atoms with Crippen LogP contribution in [0.2, 0.25) is 0 Å². The molecule has 39 nitrogen and oxygen atoms in total. The molecule has 19 rings (SSSR count). The average molecular weight is 1570 g/mol. The monoisotopic (exact) mass is 1570 g/mol. The van der Waals surface area contributed by atoms with Crippen molar-refractivity contribution in [2.45, 2.75) is 249 Å². The van der Waals surface area contributed by atoms with Gasteiger partial charge in [-0.3, -0.25) is 43.2 Å². The SMILES string of the molecule is CC(C)(C)[C@H](O)[C@@]12NC(=O)C[C@@H]1OC2=O.CO[C@H]1C(=O)N[C@@]2([C@@H](O)C(C)C)C(=O)O[C@@H]12.O=C1C[C@@H]2NC(=O)[C@@H]2N1.O=C1C[C@@H]2OC(=O)C2N1.O=C1C[C@@H]2OC(=O)[C@]2(CO)N1.O=C1C[C@@H]2OC(=O)[C@]2([C@@H](O)C2CCCCC2)N1.O=C1C[C@@H]2OC(=O)[C@]2([C@@H](O)Cc2ccccc2)N1.O=C1C[C@@H]2OC(=O)[C@]2([C@@H](O)c2ccccc2)N1. The zero-order valence-corrected chi connectivity index (χ0v) is 61.5. The number of benzene rings is 2. The zero-order chi connectivity index (χ0) is 81.3. The molecule has 22 atom stereocenters. The highest BCUT2D eigenvalue weighted by molar-refractivity contribution is 6.04. The number of carbonyl (C=O) groups is 16. The standard InChI is InChI=1S/C13H13NO4.C12H17NO4.C12H11NO4.C10H15NO5.C10H15NO4.C6H7NO4.C5H6N2O2.C5H5NO3/c15-9(6-8-4-2-1-3-5-8)13-10(18-12(13)17)7-11(16)14-13;2*14-9-6-8-12(13-9,11(16)17-8)10(15)7-4-2-1-3-5-7;1-4(2)6(12)10-7(16-9(10)14)5(15-3)8(13)11-10;1-9(2,3)7(13)10-5(15-8(10)14)4-6(12)11-10;8-2-6-3(11-5(6)10)1-4(9)7-6;8-3-1-2-4(7-3)5(9)6-2;7-3-1-2-4(6-3)5(8)9-2/h1-5,9-10,15H,6-7H2,(H,14,16);7-8,10,15H,1-6H2,(H,13,14);1-5,8,10,15H,6H2,(H,13,14);4-7,12H,1-3H3,(H,11,13);5,7,13H,4H2,1-3H3,(H,11,12);3,8H,1-2H2,(H,7,9);2,4H,1H2,(H,6,9)(H,7,8);2,4H,1H2,(H,6,7)/t9-,10-,13+;2*8-,10-,12-;5-,6+,7+,10-;5-,7-,10-;3-,6+;2-,4+;2-,4?/m00010000/s1. The summed E-state index contributed by atoms with van der Waals surface area (Å²) in [7, 11) is 1.37. The summed E-state index contributed by atoms with van der Waals surface area (Å²) in [5.41, 5.74) is -6.21. The molecule has 17 fully saturated rings. The van der Waals surface area contributed by atoms with Gasteiger partial charge in [-0.2, -0.15) is 0 Å². The van der Waals surface area contributed by atoms with Crippen LogP contribution in [0.15, 0.2) is 60.7 Å². The summed E-state index contributed by atoms with van der Waals surface area (Å²) in [6.45, 7) is 8.63. The van der Waals surface area contributed by atoms with Gasteiger partial charge in [0, 0.05) is 20.0 Å². The summed E-state index contributed by atoms with van der Waals surface area (Å²) in [4.78, 5) is 178. The number of nitrogens with one attached hydrogen (secondary N) is 9. The van der Waals surface area contributed by atoms with E-state index >= 15 is 0 Å². The van der Waals surface area contributed by atoms with E-state index in [1.54, 1.807) is 38.1 Å². The second-order valence-corrected chi connectivity index (χ2v) is 31.6. The number of aliphatic hydroxyl groups is 6. The van der Waals surface area contributed by atoms with Gasteiger partial charge in [-0.15, -0.1) is 0 Å². The lowest BCUT2D eigenvalue weighted by atomic mass is 9.72. The van der Waals surface area contributed by atoms with Crippen molar-refractivity contribution in [1.82, 2.24) is 47.9 Å². The number of methoxy groups -OCH3 is 1. The normalized spacial score (nSPS) is 36.4. The maximum absolute atomic E-state index is 11.7. The lowest BCUT2D eigenvalue weighted by molar-refractivity contribution is -0.213. The molecule has 16 aliphatic heterocycles. The van der Waals surface area contributed by atoms with Gasteiger partial charge in [0.25, 0.3) is 5.91 Å². The molecular weight excluding hydrogens is 1480 g/mol. The second kappa shape index (κ2) is 30.6. The molecule has 2 aromatic carbocycles. The van der Waals surface area contributed by atoms with E-state index in [4.69, 9.17) is 33.5 Å². The Labute approximate surface area is 637 Å². The molecule has 0 aromatic heterocycles. The fourth-order valence-corrected chi connectivity index (χ4v) is 16.7. The summed E-state index contributed by atoms with van der Waals surface area (Å²) < 4.78 is 38.8. The number of amides is 9. The average Bonchev–Trinajstić information content (AvgIpc) is 1.56.